The smallest absolute Gasteiger partial charge is 0.336 e. The molecule has 32 heavy (non-hydrogen) atoms. The van der Waals surface area contributed by atoms with E-state index in [0.717, 1.165) is 15.8 Å². The quantitative estimate of drug-likeness (QED) is 0.525. The molecule has 0 bridgehead atoms. The Labute approximate surface area is 184 Å². The maximum absolute atomic E-state index is 13.5. The molecule has 8 heteroatoms. The van der Waals surface area contributed by atoms with E-state index in [0.29, 0.717) is 28.2 Å². The van der Waals surface area contributed by atoms with Crippen LogP contribution in [0, 0.1) is 13.8 Å². The standard InChI is InChI=1S/C24H24N4O4/c1-15-8-7-9-17(12-15)28-23(30)22-19(13-16(2)26(22)3)27(24(28)31)14-21(29)25-18-10-5-6-11-20(18)32-4/h5-13H,14H2,1-4H3,(H,25,29). The van der Waals surface area contributed by atoms with Crippen LogP contribution >= 0.6 is 0 Å². The number of fused-ring (bicyclic) bond motifs is 1. The summed E-state index contributed by atoms with van der Waals surface area (Å²) in [5, 5.41) is 2.79. The Kier molecular flexibility index (Phi) is 5.44. The summed E-state index contributed by atoms with van der Waals surface area (Å²) in [4.78, 5) is 39.7. The van der Waals surface area contributed by atoms with Crippen molar-refractivity contribution in [1.82, 2.24) is 13.7 Å². The van der Waals surface area contributed by atoms with Gasteiger partial charge in [-0.25, -0.2) is 9.36 Å². The highest BCUT2D eigenvalue weighted by Crippen LogP contribution is 2.23. The molecule has 4 rings (SSSR count). The third-order valence-electron chi connectivity index (χ3n) is 5.51. The van der Waals surface area contributed by atoms with Gasteiger partial charge in [0, 0.05) is 12.7 Å². The van der Waals surface area contributed by atoms with Gasteiger partial charge in [0.15, 0.2) is 0 Å². The maximum atomic E-state index is 13.5. The van der Waals surface area contributed by atoms with E-state index in [1.54, 1.807) is 60.1 Å². The van der Waals surface area contributed by atoms with Crippen molar-refractivity contribution in [3.8, 4) is 11.4 Å². The number of benzene rings is 2. The number of rotatable bonds is 5. The lowest BCUT2D eigenvalue weighted by Gasteiger charge is -2.14. The van der Waals surface area contributed by atoms with E-state index < -0.39 is 17.2 Å². The lowest BCUT2D eigenvalue weighted by Crippen LogP contribution is -2.41. The van der Waals surface area contributed by atoms with Crippen molar-refractivity contribution < 1.29 is 9.53 Å². The van der Waals surface area contributed by atoms with Gasteiger partial charge < -0.3 is 14.6 Å². The largest absolute Gasteiger partial charge is 0.495 e. The average Bonchev–Trinajstić information content (AvgIpc) is 3.06. The number of aromatic nitrogens is 3. The van der Waals surface area contributed by atoms with E-state index in [1.165, 1.54) is 11.7 Å². The predicted molar refractivity (Wildman–Crippen MR) is 124 cm³/mol. The van der Waals surface area contributed by atoms with Crippen molar-refractivity contribution in [2.24, 2.45) is 7.05 Å². The number of carbonyl (C=O) groups excluding carboxylic acids is 1. The van der Waals surface area contributed by atoms with Crippen molar-refractivity contribution >= 4 is 22.6 Å². The average molecular weight is 432 g/mol. The Morgan fingerprint density at radius 1 is 1.03 bits per heavy atom. The fourth-order valence-electron chi connectivity index (χ4n) is 3.82. The SMILES string of the molecule is COc1ccccc1NC(=O)Cn1c(=O)n(-c2cccc(C)c2)c(=O)c2c1cc(C)n2C. The second-order valence-electron chi connectivity index (χ2n) is 7.68. The summed E-state index contributed by atoms with van der Waals surface area (Å²) < 4.78 is 9.46. The Hall–Kier alpha value is -4.07. The van der Waals surface area contributed by atoms with Crippen LogP contribution in [0.2, 0.25) is 0 Å². The molecule has 0 aliphatic heterocycles. The van der Waals surface area contributed by atoms with Crippen LogP contribution < -0.4 is 21.3 Å². The normalized spacial score (nSPS) is 11.0. The molecular formula is C24H24N4O4. The fraction of sp³-hybridized carbons (Fsp3) is 0.208. The number of amides is 1. The Bertz CT molecular complexity index is 1460. The molecule has 2 aromatic carbocycles. The maximum Gasteiger partial charge on any atom is 0.336 e. The van der Waals surface area contributed by atoms with Gasteiger partial charge >= 0.3 is 5.69 Å². The number of hydrogen-bond acceptors (Lipinski definition) is 4. The molecule has 0 fully saturated rings. The minimum atomic E-state index is -0.575. The summed E-state index contributed by atoms with van der Waals surface area (Å²) in [6.07, 6.45) is 0. The van der Waals surface area contributed by atoms with Crippen LogP contribution in [0.4, 0.5) is 5.69 Å². The highest BCUT2D eigenvalue weighted by atomic mass is 16.5. The first-order valence-corrected chi connectivity index (χ1v) is 10.1. The zero-order valence-corrected chi connectivity index (χ0v) is 18.4. The van der Waals surface area contributed by atoms with Gasteiger partial charge in [-0.2, -0.15) is 0 Å². The highest BCUT2D eigenvalue weighted by Gasteiger charge is 2.20. The molecule has 0 saturated carbocycles. The van der Waals surface area contributed by atoms with E-state index in [9.17, 15) is 14.4 Å². The third kappa shape index (κ3) is 3.60. The van der Waals surface area contributed by atoms with E-state index in [4.69, 9.17) is 4.74 Å². The Balaban J connectivity index is 1.87. The van der Waals surface area contributed by atoms with Gasteiger partial charge in [0.05, 0.1) is 24.0 Å². The third-order valence-corrected chi connectivity index (χ3v) is 5.51. The van der Waals surface area contributed by atoms with E-state index in [1.807, 2.05) is 19.9 Å². The molecule has 2 aromatic heterocycles. The zero-order valence-electron chi connectivity index (χ0n) is 18.4. The molecule has 0 aliphatic rings. The van der Waals surface area contributed by atoms with Crippen LogP contribution in [0.5, 0.6) is 5.75 Å². The highest BCUT2D eigenvalue weighted by molar-refractivity contribution is 5.93. The molecular weight excluding hydrogens is 408 g/mol. The summed E-state index contributed by atoms with van der Waals surface area (Å²) in [5.41, 5.74) is 2.45. The van der Waals surface area contributed by atoms with Gasteiger partial charge in [0.2, 0.25) is 5.91 Å². The number of methoxy groups -OCH3 is 1. The predicted octanol–water partition coefficient (Wildman–Crippen LogP) is 2.76. The molecule has 0 radical (unpaired) electrons. The molecule has 0 unspecified atom stereocenters. The lowest BCUT2D eigenvalue weighted by atomic mass is 10.2. The fourth-order valence-corrected chi connectivity index (χ4v) is 3.82. The second kappa shape index (κ2) is 8.22. The van der Waals surface area contributed by atoms with Gasteiger partial charge in [-0.1, -0.05) is 24.3 Å². The summed E-state index contributed by atoms with van der Waals surface area (Å²) in [6, 6.07) is 15.9. The zero-order chi connectivity index (χ0) is 23.0. The van der Waals surface area contributed by atoms with Gasteiger partial charge in [-0.15, -0.1) is 0 Å². The van der Waals surface area contributed by atoms with Gasteiger partial charge in [0.25, 0.3) is 5.56 Å². The molecule has 1 amide bonds. The van der Waals surface area contributed by atoms with Crippen LogP contribution in [-0.2, 0) is 18.4 Å². The molecule has 0 spiro atoms. The number of hydrogen-bond donors (Lipinski definition) is 1. The van der Waals surface area contributed by atoms with E-state index in [-0.39, 0.29) is 6.54 Å². The van der Waals surface area contributed by atoms with Gasteiger partial charge in [-0.05, 0) is 49.7 Å². The van der Waals surface area contributed by atoms with Crippen LogP contribution in [0.15, 0.2) is 64.2 Å². The minimum Gasteiger partial charge on any atom is -0.495 e. The summed E-state index contributed by atoms with van der Waals surface area (Å²) >= 11 is 0. The van der Waals surface area contributed by atoms with Crippen molar-refractivity contribution in [3.05, 3.63) is 86.7 Å². The van der Waals surface area contributed by atoms with Gasteiger partial charge in [0.1, 0.15) is 17.8 Å². The monoisotopic (exact) mass is 432 g/mol. The number of nitrogens with one attached hydrogen (secondary N) is 1. The molecule has 8 nitrogen and oxygen atoms in total. The van der Waals surface area contributed by atoms with Gasteiger partial charge in [-0.3, -0.25) is 14.2 Å². The second-order valence-corrected chi connectivity index (χ2v) is 7.68. The number of aryl methyl sites for hydroxylation is 3. The number of ether oxygens (including phenoxy) is 1. The molecule has 164 valence electrons. The topological polar surface area (TPSA) is 87.3 Å². The molecule has 1 N–H and O–H groups in total. The first-order chi connectivity index (χ1) is 15.3. The lowest BCUT2D eigenvalue weighted by molar-refractivity contribution is -0.116. The van der Waals surface area contributed by atoms with Crippen LogP contribution in [0.25, 0.3) is 16.7 Å². The number of carbonyl (C=O) groups is 1. The number of para-hydroxylation sites is 2. The van der Waals surface area contributed by atoms with E-state index >= 15 is 0 Å². The molecule has 0 aliphatic carbocycles. The first kappa shape index (κ1) is 21.2. The summed E-state index contributed by atoms with van der Waals surface area (Å²) in [5.74, 6) is 0.104. The summed E-state index contributed by atoms with van der Waals surface area (Å²) in [6.45, 7) is 3.47. The van der Waals surface area contributed by atoms with E-state index in [2.05, 4.69) is 5.32 Å². The minimum absolute atomic E-state index is 0.261. The Morgan fingerprint density at radius 3 is 2.50 bits per heavy atom. The molecule has 2 heterocycles. The van der Waals surface area contributed by atoms with Crippen LogP contribution in [-0.4, -0.2) is 26.7 Å². The molecule has 0 atom stereocenters. The number of anilines is 1. The molecule has 4 aromatic rings. The van der Waals surface area contributed by atoms with Crippen molar-refractivity contribution in [2.75, 3.05) is 12.4 Å². The first-order valence-electron chi connectivity index (χ1n) is 10.1. The van der Waals surface area contributed by atoms with Crippen molar-refractivity contribution in [1.29, 1.82) is 0 Å². The Morgan fingerprint density at radius 2 is 1.78 bits per heavy atom. The van der Waals surface area contributed by atoms with Crippen LogP contribution in [0.1, 0.15) is 11.3 Å². The van der Waals surface area contributed by atoms with Crippen LogP contribution in [0.3, 0.4) is 0 Å². The molecule has 0 saturated heterocycles. The summed E-state index contributed by atoms with van der Waals surface area (Å²) in [7, 11) is 3.28. The van der Waals surface area contributed by atoms with Crippen molar-refractivity contribution in [3.63, 3.8) is 0 Å². The van der Waals surface area contributed by atoms with Crippen molar-refractivity contribution in [2.45, 2.75) is 20.4 Å². The number of nitrogens with zero attached hydrogens (tertiary/aromatic N) is 3.